The summed E-state index contributed by atoms with van der Waals surface area (Å²) in [4.78, 5) is 0. The van der Waals surface area contributed by atoms with Crippen LogP contribution in [0.1, 0.15) is 5.56 Å². The van der Waals surface area contributed by atoms with Gasteiger partial charge in [0, 0.05) is 5.56 Å². The first-order valence-corrected chi connectivity index (χ1v) is 5.59. The maximum atomic E-state index is 5.95. The predicted octanol–water partition coefficient (Wildman–Crippen LogP) is 3.35. The summed E-state index contributed by atoms with van der Waals surface area (Å²) in [5.41, 5.74) is 0.920. The monoisotopic (exact) mass is 267 g/mol. The van der Waals surface area contributed by atoms with E-state index in [0.717, 1.165) is 5.56 Å². The fourth-order valence-corrected chi connectivity index (χ4v) is 2.63. The van der Waals surface area contributed by atoms with Crippen molar-refractivity contribution in [3.8, 4) is 0 Å². The van der Waals surface area contributed by atoms with E-state index < -0.39 is 0 Å². The zero-order valence-electron chi connectivity index (χ0n) is 6.75. The van der Waals surface area contributed by atoms with Gasteiger partial charge in [-0.3, -0.25) is 4.57 Å². The third kappa shape index (κ3) is 2.03. The van der Waals surface area contributed by atoms with Gasteiger partial charge in [0.2, 0.25) is 5.28 Å². The average molecular weight is 269 g/mol. The van der Waals surface area contributed by atoms with Crippen molar-refractivity contribution in [2.45, 2.75) is 6.54 Å². The lowest BCUT2D eigenvalue weighted by molar-refractivity contribution is 0.798. The standard InChI is InChI=1S/C7H4Cl3N3S/c8-5-1-4(6(9)14-5)2-13-3-11-12-7(13)10/h1,3H,2H2. The quantitative estimate of drug-likeness (QED) is 0.836. The van der Waals surface area contributed by atoms with Crippen molar-refractivity contribution in [3.05, 3.63) is 31.9 Å². The highest BCUT2D eigenvalue weighted by atomic mass is 35.5. The van der Waals surface area contributed by atoms with Crippen molar-refractivity contribution >= 4 is 46.1 Å². The number of halogens is 3. The van der Waals surface area contributed by atoms with Gasteiger partial charge < -0.3 is 0 Å². The summed E-state index contributed by atoms with van der Waals surface area (Å²) in [6.07, 6.45) is 1.55. The Balaban J connectivity index is 2.27. The summed E-state index contributed by atoms with van der Waals surface area (Å²) < 4.78 is 3.01. The first-order chi connectivity index (χ1) is 6.66. The number of hydrogen-bond donors (Lipinski definition) is 0. The summed E-state index contributed by atoms with van der Waals surface area (Å²) in [5.74, 6) is 0. The lowest BCUT2D eigenvalue weighted by Gasteiger charge is -1.99. The van der Waals surface area contributed by atoms with Crippen molar-refractivity contribution in [1.82, 2.24) is 14.8 Å². The van der Waals surface area contributed by atoms with E-state index in [1.807, 2.05) is 6.07 Å². The third-order valence-electron chi connectivity index (χ3n) is 1.64. The van der Waals surface area contributed by atoms with Crippen LogP contribution in [0.3, 0.4) is 0 Å². The highest BCUT2D eigenvalue weighted by Gasteiger charge is 2.08. The molecule has 7 heteroatoms. The third-order valence-corrected chi connectivity index (χ3v) is 3.50. The lowest BCUT2D eigenvalue weighted by Crippen LogP contribution is -1.97. The maximum Gasteiger partial charge on any atom is 0.225 e. The molecule has 0 saturated carbocycles. The Bertz CT molecular complexity index is 451. The van der Waals surface area contributed by atoms with Crippen molar-refractivity contribution in [3.63, 3.8) is 0 Å². The molecule has 0 radical (unpaired) electrons. The van der Waals surface area contributed by atoms with Crippen LogP contribution in [0.15, 0.2) is 12.4 Å². The second-order valence-corrected chi connectivity index (χ2v) is 5.20. The minimum atomic E-state index is 0.336. The molecule has 2 heterocycles. The van der Waals surface area contributed by atoms with Crippen LogP contribution >= 0.6 is 46.1 Å². The number of hydrogen-bond acceptors (Lipinski definition) is 3. The summed E-state index contributed by atoms with van der Waals surface area (Å²) in [7, 11) is 0. The average Bonchev–Trinajstić information content (AvgIpc) is 2.62. The van der Waals surface area contributed by atoms with E-state index in [0.29, 0.717) is 20.5 Å². The largest absolute Gasteiger partial charge is 0.300 e. The summed E-state index contributed by atoms with van der Waals surface area (Å²) in [6.45, 7) is 0.536. The van der Waals surface area contributed by atoms with Crippen LogP contribution in [-0.4, -0.2) is 14.8 Å². The molecule has 74 valence electrons. The molecule has 0 aliphatic carbocycles. The Morgan fingerprint density at radius 2 is 2.14 bits per heavy atom. The SMILES string of the molecule is Clc1cc(Cn2cnnc2Cl)c(Cl)s1. The van der Waals surface area contributed by atoms with Gasteiger partial charge in [0.1, 0.15) is 6.33 Å². The molecule has 0 aromatic carbocycles. The van der Waals surface area contributed by atoms with E-state index in [9.17, 15) is 0 Å². The van der Waals surface area contributed by atoms with Gasteiger partial charge in [-0.1, -0.05) is 23.2 Å². The van der Waals surface area contributed by atoms with Gasteiger partial charge in [-0.15, -0.1) is 21.5 Å². The van der Waals surface area contributed by atoms with Crippen LogP contribution in [0.2, 0.25) is 14.0 Å². The van der Waals surface area contributed by atoms with Gasteiger partial charge >= 0.3 is 0 Å². The molecule has 0 fully saturated rings. The normalized spacial score (nSPS) is 10.8. The molecule has 2 aromatic heterocycles. The molecule has 0 N–H and O–H groups in total. The Morgan fingerprint density at radius 3 is 2.64 bits per heavy atom. The van der Waals surface area contributed by atoms with E-state index >= 15 is 0 Å². The molecule has 0 aliphatic rings. The fraction of sp³-hybridized carbons (Fsp3) is 0.143. The van der Waals surface area contributed by atoms with Crippen molar-refractivity contribution in [2.75, 3.05) is 0 Å². The molecule has 3 nitrogen and oxygen atoms in total. The minimum Gasteiger partial charge on any atom is -0.300 e. The highest BCUT2D eigenvalue weighted by Crippen LogP contribution is 2.31. The number of nitrogens with zero attached hydrogens (tertiary/aromatic N) is 3. The Hall–Kier alpha value is -0.290. The van der Waals surface area contributed by atoms with Gasteiger partial charge in [0.05, 0.1) is 15.2 Å². The summed E-state index contributed by atoms with van der Waals surface area (Å²) in [6, 6.07) is 1.81. The van der Waals surface area contributed by atoms with E-state index in [1.165, 1.54) is 11.3 Å². The second kappa shape index (κ2) is 4.06. The maximum absolute atomic E-state index is 5.95. The van der Waals surface area contributed by atoms with Crippen LogP contribution < -0.4 is 0 Å². The first-order valence-electron chi connectivity index (χ1n) is 3.64. The van der Waals surface area contributed by atoms with Crippen LogP contribution in [0.4, 0.5) is 0 Å². The lowest BCUT2D eigenvalue weighted by atomic mass is 10.3. The van der Waals surface area contributed by atoms with Gasteiger partial charge in [0.15, 0.2) is 0 Å². The molecule has 0 unspecified atom stereocenters. The number of rotatable bonds is 2. The molecule has 0 aliphatic heterocycles. The summed E-state index contributed by atoms with van der Waals surface area (Å²) >= 11 is 18.9. The van der Waals surface area contributed by atoms with Gasteiger partial charge in [0.25, 0.3) is 0 Å². The minimum absolute atomic E-state index is 0.336. The van der Waals surface area contributed by atoms with Crippen LogP contribution in [0, 0.1) is 0 Å². The molecular formula is C7H4Cl3N3S. The van der Waals surface area contributed by atoms with Crippen molar-refractivity contribution in [1.29, 1.82) is 0 Å². The zero-order chi connectivity index (χ0) is 10.1. The molecule has 0 spiro atoms. The highest BCUT2D eigenvalue weighted by molar-refractivity contribution is 7.20. The number of aromatic nitrogens is 3. The number of thiophene rings is 1. The first kappa shape index (κ1) is 10.2. The molecule has 14 heavy (non-hydrogen) atoms. The van der Waals surface area contributed by atoms with Gasteiger partial charge in [-0.05, 0) is 17.7 Å². The van der Waals surface area contributed by atoms with E-state index in [-0.39, 0.29) is 0 Å². The smallest absolute Gasteiger partial charge is 0.225 e. The summed E-state index contributed by atoms with van der Waals surface area (Å²) in [5, 5.41) is 7.65. The molecule has 0 saturated heterocycles. The van der Waals surface area contributed by atoms with Crippen LogP contribution in [0.5, 0.6) is 0 Å². The predicted molar refractivity (Wildman–Crippen MR) is 58.5 cm³/mol. The molecule has 0 bridgehead atoms. The molecular weight excluding hydrogens is 265 g/mol. The van der Waals surface area contributed by atoms with Gasteiger partial charge in [-0.25, -0.2) is 0 Å². The van der Waals surface area contributed by atoms with E-state index in [4.69, 9.17) is 34.8 Å². The Morgan fingerprint density at radius 1 is 1.36 bits per heavy atom. The zero-order valence-corrected chi connectivity index (χ0v) is 9.83. The van der Waals surface area contributed by atoms with Crippen molar-refractivity contribution in [2.24, 2.45) is 0 Å². The van der Waals surface area contributed by atoms with Crippen molar-refractivity contribution < 1.29 is 0 Å². The molecule has 2 rings (SSSR count). The second-order valence-electron chi connectivity index (χ2n) is 2.58. The Kier molecular flexibility index (Phi) is 2.97. The van der Waals surface area contributed by atoms with Crippen LogP contribution in [-0.2, 0) is 6.54 Å². The van der Waals surface area contributed by atoms with E-state index in [1.54, 1.807) is 10.9 Å². The fourth-order valence-electron chi connectivity index (χ4n) is 1.01. The van der Waals surface area contributed by atoms with Gasteiger partial charge in [-0.2, -0.15) is 0 Å². The van der Waals surface area contributed by atoms with Crippen LogP contribution in [0.25, 0.3) is 0 Å². The van der Waals surface area contributed by atoms with E-state index in [2.05, 4.69) is 10.2 Å². The Labute approximate surface area is 99.2 Å². The molecule has 0 atom stereocenters. The topological polar surface area (TPSA) is 30.7 Å². The molecule has 0 amide bonds. The molecule has 2 aromatic rings.